The summed E-state index contributed by atoms with van der Waals surface area (Å²) >= 11 is 0. The number of rotatable bonds is 8. The number of likely N-dealkylation sites (tertiary alicyclic amines) is 1. The van der Waals surface area contributed by atoms with Crippen LogP contribution in [0.5, 0.6) is 0 Å². The van der Waals surface area contributed by atoms with Crippen LogP contribution in [0.2, 0.25) is 0 Å². The number of nitrogens with two attached hydrogens (primary N) is 1. The van der Waals surface area contributed by atoms with Gasteiger partial charge in [-0.15, -0.1) is 0 Å². The number of nitrogens with zero attached hydrogens (tertiary/aromatic N) is 1. The molecule has 0 aliphatic carbocycles. The molecule has 1 rings (SSSR count). The van der Waals surface area contributed by atoms with Crippen LogP contribution in [0.3, 0.4) is 0 Å². The summed E-state index contributed by atoms with van der Waals surface area (Å²) < 4.78 is 0. The Labute approximate surface area is 128 Å². The first-order valence-corrected chi connectivity index (χ1v) is 8.19. The topological polar surface area (TPSA) is 75.4 Å². The maximum Gasteiger partial charge on any atom is 0.224 e. The van der Waals surface area contributed by atoms with Crippen molar-refractivity contribution in [3.05, 3.63) is 0 Å². The summed E-state index contributed by atoms with van der Waals surface area (Å²) in [7, 11) is 0. The Kier molecular flexibility index (Phi) is 7.72. The van der Waals surface area contributed by atoms with E-state index < -0.39 is 0 Å². The normalized spacial score (nSPS) is 15.9. The second kappa shape index (κ2) is 9.03. The second-order valence-corrected chi connectivity index (χ2v) is 6.74. The highest BCUT2D eigenvalue weighted by Gasteiger charge is 2.19. The van der Waals surface area contributed by atoms with Gasteiger partial charge in [-0.2, -0.15) is 0 Å². The Morgan fingerprint density at radius 2 is 1.76 bits per heavy atom. The number of hydrogen-bond acceptors (Lipinski definition) is 3. The van der Waals surface area contributed by atoms with Crippen molar-refractivity contribution in [3.63, 3.8) is 0 Å². The van der Waals surface area contributed by atoms with Crippen molar-refractivity contribution < 1.29 is 9.59 Å². The van der Waals surface area contributed by atoms with Crippen molar-refractivity contribution in [3.8, 4) is 0 Å². The highest BCUT2D eigenvalue weighted by atomic mass is 16.2. The van der Waals surface area contributed by atoms with E-state index in [1.807, 2.05) is 4.90 Å². The zero-order valence-corrected chi connectivity index (χ0v) is 13.6. The van der Waals surface area contributed by atoms with Gasteiger partial charge in [-0.05, 0) is 44.1 Å². The smallest absolute Gasteiger partial charge is 0.224 e. The molecule has 0 aromatic heterocycles. The number of carbonyl (C=O) groups is 2. The van der Waals surface area contributed by atoms with Crippen LogP contribution in [0.25, 0.3) is 0 Å². The summed E-state index contributed by atoms with van der Waals surface area (Å²) in [5.74, 6) is 0.199. The fourth-order valence-electron chi connectivity index (χ4n) is 2.67. The summed E-state index contributed by atoms with van der Waals surface area (Å²) in [5, 5.41) is 2.85. The van der Waals surface area contributed by atoms with E-state index in [0.717, 1.165) is 38.8 Å². The molecule has 1 aliphatic heterocycles. The zero-order chi connectivity index (χ0) is 15.7. The molecule has 0 aromatic rings. The van der Waals surface area contributed by atoms with Crippen LogP contribution in [0.1, 0.15) is 58.8 Å². The highest BCUT2D eigenvalue weighted by Crippen LogP contribution is 2.25. The third-order valence-electron chi connectivity index (χ3n) is 4.22. The van der Waals surface area contributed by atoms with Crippen LogP contribution in [0, 0.1) is 5.41 Å². The molecule has 0 spiro atoms. The number of nitrogens with one attached hydrogen (secondary N) is 1. The molecule has 1 aliphatic rings. The lowest BCUT2D eigenvalue weighted by Gasteiger charge is -2.26. The van der Waals surface area contributed by atoms with Crippen LogP contribution >= 0.6 is 0 Å². The van der Waals surface area contributed by atoms with Crippen LogP contribution in [0.15, 0.2) is 0 Å². The minimum absolute atomic E-state index is 0.0338. The summed E-state index contributed by atoms with van der Waals surface area (Å²) in [6.07, 6.45) is 6.11. The predicted octanol–water partition coefficient (Wildman–Crippen LogP) is 1.66. The van der Waals surface area contributed by atoms with E-state index in [9.17, 15) is 9.59 Å². The quantitative estimate of drug-likeness (QED) is 0.715. The van der Waals surface area contributed by atoms with E-state index in [-0.39, 0.29) is 17.2 Å². The van der Waals surface area contributed by atoms with Crippen molar-refractivity contribution in [2.45, 2.75) is 58.8 Å². The Morgan fingerprint density at radius 1 is 1.10 bits per heavy atom. The van der Waals surface area contributed by atoms with Gasteiger partial charge in [0.15, 0.2) is 0 Å². The maximum absolute atomic E-state index is 11.9. The maximum atomic E-state index is 11.9. The Bertz CT molecular complexity index is 336. The molecule has 0 radical (unpaired) electrons. The predicted molar refractivity (Wildman–Crippen MR) is 84.7 cm³/mol. The summed E-state index contributed by atoms with van der Waals surface area (Å²) in [4.78, 5) is 25.6. The molecule has 3 N–H and O–H groups in total. The van der Waals surface area contributed by atoms with Crippen molar-refractivity contribution in [1.29, 1.82) is 0 Å². The molecule has 21 heavy (non-hydrogen) atoms. The van der Waals surface area contributed by atoms with E-state index in [4.69, 9.17) is 5.73 Å². The first-order chi connectivity index (χ1) is 9.94. The molecule has 1 heterocycles. The van der Waals surface area contributed by atoms with Crippen LogP contribution in [-0.2, 0) is 9.59 Å². The molecule has 0 saturated carbocycles. The fourth-order valence-corrected chi connectivity index (χ4v) is 2.67. The Hall–Kier alpha value is -1.10. The molecule has 0 aromatic carbocycles. The van der Waals surface area contributed by atoms with Gasteiger partial charge in [-0.25, -0.2) is 0 Å². The molecule has 0 unspecified atom stereocenters. The van der Waals surface area contributed by atoms with Crippen molar-refractivity contribution in [2.75, 3.05) is 26.2 Å². The minimum atomic E-state index is 0.0338. The van der Waals surface area contributed by atoms with E-state index in [1.54, 1.807) is 0 Å². The van der Waals surface area contributed by atoms with Gasteiger partial charge in [0.05, 0.1) is 0 Å². The summed E-state index contributed by atoms with van der Waals surface area (Å²) in [5.41, 5.74) is 5.67. The van der Waals surface area contributed by atoms with Crippen LogP contribution in [-0.4, -0.2) is 42.9 Å². The zero-order valence-electron chi connectivity index (χ0n) is 13.6. The second-order valence-electron chi connectivity index (χ2n) is 6.74. The summed E-state index contributed by atoms with van der Waals surface area (Å²) in [6.45, 7) is 7.12. The molecule has 5 nitrogen and oxygen atoms in total. The lowest BCUT2D eigenvalue weighted by Crippen LogP contribution is -2.37. The number of hydrogen-bond donors (Lipinski definition) is 2. The third kappa shape index (κ3) is 7.46. The van der Waals surface area contributed by atoms with Gasteiger partial charge in [-0.1, -0.05) is 13.8 Å². The van der Waals surface area contributed by atoms with Crippen LogP contribution < -0.4 is 11.1 Å². The van der Waals surface area contributed by atoms with E-state index in [1.165, 1.54) is 6.42 Å². The van der Waals surface area contributed by atoms with Gasteiger partial charge in [0.2, 0.25) is 11.8 Å². The highest BCUT2D eigenvalue weighted by molar-refractivity contribution is 5.79. The van der Waals surface area contributed by atoms with E-state index in [0.29, 0.717) is 25.9 Å². The van der Waals surface area contributed by atoms with Gasteiger partial charge in [0.1, 0.15) is 0 Å². The minimum Gasteiger partial charge on any atom is -0.356 e. The van der Waals surface area contributed by atoms with Crippen LogP contribution in [0.4, 0.5) is 0 Å². The van der Waals surface area contributed by atoms with Gasteiger partial charge >= 0.3 is 0 Å². The first-order valence-electron chi connectivity index (χ1n) is 8.19. The lowest BCUT2D eigenvalue weighted by molar-refractivity contribution is -0.132. The average Bonchev–Trinajstić information content (AvgIpc) is 2.46. The van der Waals surface area contributed by atoms with E-state index in [2.05, 4.69) is 19.2 Å². The Balaban J connectivity index is 2.14. The molecule has 2 amide bonds. The molecule has 1 fully saturated rings. The van der Waals surface area contributed by atoms with E-state index >= 15 is 0 Å². The Morgan fingerprint density at radius 3 is 2.38 bits per heavy atom. The molecular formula is C16H31N3O2. The first kappa shape index (κ1) is 18.0. The standard InChI is InChI=1S/C16H31N3O2/c1-16(2,9-10-17)8-6-14(20)18-11-7-15(21)19-12-4-3-5-13-19/h3-13,17H2,1-2H3,(H,18,20). The number of piperidine rings is 1. The lowest BCUT2D eigenvalue weighted by atomic mass is 9.84. The fraction of sp³-hybridized carbons (Fsp3) is 0.875. The van der Waals surface area contributed by atoms with Gasteiger partial charge in [0, 0.05) is 32.5 Å². The summed E-state index contributed by atoms with van der Waals surface area (Å²) in [6, 6.07) is 0. The third-order valence-corrected chi connectivity index (χ3v) is 4.22. The number of amides is 2. The van der Waals surface area contributed by atoms with Gasteiger partial charge < -0.3 is 16.0 Å². The molecule has 0 bridgehead atoms. The largest absolute Gasteiger partial charge is 0.356 e. The molecular weight excluding hydrogens is 266 g/mol. The SMILES string of the molecule is CC(C)(CCN)CCC(=O)NCCC(=O)N1CCCCC1. The molecule has 5 heteroatoms. The molecule has 1 saturated heterocycles. The van der Waals surface area contributed by atoms with Gasteiger partial charge in [0.25, 0.3) is 0 Å². The van der Waals surface area contributed by atoms with Crippen molar-refractivity contribution in [1.82, 2.24) is 10.2 Å². The van der Waals surface area contributed by atoms with Gasteiger partial charge in [-0.3, -0.25) is 9.59 Å². The molecule has 0 atom stereocenters. The van der Waals surface area contributed by atoms with Crippen molar-refractivity contribution in [2.24, 2.45) is 11.1 Å². The molecule has 122 valence electrons. The van der Waals surface area contributed by atoms with Crippen molar-refractivity contribution >= 4 is 11.8 Å². The number of carbonyl (C=O) groups excluding carboxylic acids is 2. The monoisotopic (exact) mass is 297 g/mol. The average molecular weight is 297 g/mol.